The molecule has 0 aliphatic rings. The largest absolute Gasteiger partial charge is 0.449 e. The molecule has 0 saturated carbocycles. The van der Waals surface area contributed by atoms with Crippen molar-refractivity contribution in [2.24, 2.45) is 0 Å². The van der Waals surface area contributed by atoms with Crippen molar-refractivity contribution in [3.05, 3.63) is 64.4 Å². The van der Waals surface area contributed by atoms with Crippen LogP contribution in [0.3, 0.4) is 0 Å². The monoisotopic (exact) mass is 309 g/mol. The van der Waals surface area contributed by atoms with Crippen molar-refractivity contribution in [1.82, 2.24) is 0 Å². The fourth-order valence-corrected chi connectivity index (χ4v) is 2.51. The van der Waals surface area contributed by atoms with Gasteiger partial charge in [-0.2, -0.15) is 0 Å². The summed E-state index contributed by atoms with van der Waals surface area (Å²) in [5, 5.41) is 4.09. The highest BCUT2D eigenvalue weighted by Gasteiger charge is 2.19. The topological polar surface area (TPSA) is 42.2 Å². The zero-order chi connectivity index (χ0) is 15.7. The van der Waals surface area contributed by atoms with Crippen molar-refractivity contribution in [3.63, 3.8) is 0 Å². The molecular weight excluding hydrogens is 298 g/mol. The third kappa shape index (κ3) is 2.45. The number of hydrogen-bond acceptors (Lipinski definition) is 2. The fraction of sp³-hybridized carbons (Fsp3) is 0.0556. The van der Waals surface area contributed by atoms with E-state index in [1.165, 1.54) is 0 Å². The molecular formula is C18H12ClNO2. The Kier molecular flexibility index (Phi) is 3.62. The molecule has 3 nitrogen and oxygen atoms in total. The third-order valence-electron chi connectivity index (χ3n) is 3.41. The van der Waals surface area contributed by atoms with Gasteiger partial charge in [0.25, 0.3) is 5.91 Å². The lowest BCUT2D eigenvalue weighted by molar-refractivity contribution is 0.0998. The zero-order valence-corrected chi connectivity index (χ0v) is 12.6. The third-order valence-corrected chi connectivity index (χ3v) is 3.71. The van der Waals surface area contributed by atoms with Crippen LogP contribution in [0.1, 0.15) is 21.7 Å². The van der Waals surface area contributed by atoms with Gasteiger partial charge in [0.1, 0.15) is 0 Å². The average molecular weight is 310 g/mol. The molecule has 4 heteroatoms. The van der Waals surface area contributed by atoms with Gasteiger partial charge in [-0.3, -0.25) is 4.79 Å². The van der Waals surface area contributed by atoms with E-state index in [2.05, 4.69) is 11.2 Å². The van der Waals surface area contributed by atoms with Gasteiger partial charge in [-0.05, 0) is 31.2 Å². The van der Waals surface area contributed by atoms with Crippen LogP contribution >= 0.6 is 11.6 Å². The SMILES string of the molecule is C#Cc1cccc(NC(=O)c2oc3c(Cl)cccc3c2C)c1. The number of amides is 1. The number of nitrogens with one attached hydrogen (secondary N) is 1. The molecule has 1 N–H and O–H groups in total. The summed E-state index contributed by atoms with van der Waals surface area (Å²) in [6.45, 7) is 1.83. The van der Waals surface area contributed by atoms with Gasteiger partial charge in [0, 0.05) is 22.2 Å². The Morgan fingerprint density at radius 1 is 1.27 bits per heavy atom. The maximum atomic E-state index is 12.4. The van der Waals surface area contributed by atoms with Gasteiger partial charge >= 0.3 is 0 Å². The predicted molar refractivity (Wildman–Crippen MR) is 88.3 cm³/mol. The first-order valence-electron chi connectivity index (χ1n) is 6.66. The molecule has 1 amide bonds. The van der Waals surface area contributed by atoms with Gasteiger partial charge < -0.3 is 9.73 Å². The minimum absolute atomic E-state index is 0.245. The molecule has 0 fully saturated rings. The summed E-state index contributed by atoms with van der Waals surface area (Å²) >= 11 is 6.10. The molecule has 3 rings (SSSR count). The molecule has 0 saturated heterocycles. The van der Waals surface area contributed by atoms with Crippen LogP contribution in [0.2, 0.25) is 5.02 Å². The number of fused-ring (bicyclic) bond motifs is 1. The number of rotatable bonds is 2. The number of furan rings is 1. The van der Waals surface area contributed by atoms with Crippen LogP contribution in [0.25, 0.3) is 11.0 Å². The zero-order valence-electron chi connectivity index (χ0n) is 11.8. The molecule has 3 aromatic rings. The lowest BCUT2D eigenvalue weighted by atomic mass is 10.1. The summed E-state index contributed by atoms with van der Waals surface area (Å²) in [6.07, 6.45) is 5.36. The van der Waals surface area contributed by atoms with Crippen LogP contribution in [0.5, 0.6) is 0 Å². The van der Waals surface area contributed by atoms with E-state index in [-0.39, 0.29) is 11.7 Å². The van der Waals surface area contributed by atoms with Crippen molar-refractivity contribution in [2.45, 2.75) is 6.92 Å². The van der Waals surface area contributed by atoms with Gasteiger partial charge in [-0.25, -0.2) is 0 Å². The minimum atomic E-state index is -0.334. The summed E-state index contributed by atoms with van der Waals surface area (Å²) < 4.78 is 5.64. The van der Waals surface area contributed by atoms with Crippen LogP contribution in [0.15, 0.2) is 46.9 Å². The highest BCUT2D eigenvalue weighted by Crippen LogP contribution is 2.31. The minimum Gasteiger partial charge on any atom is -0.449 e. The molecule has 108 valence electrons. The Bertz CT molecular complexity index is 918. The Morgan fingerprint density at radius 2 is 2.05 bits per heavy atom. The number of aryl methyl sites for hydroxylation is 1. The van der Waals surface area contributed by atoms with Gasteiger partial charge in [0.15, 0.2) is 11.3 Å². The van der Waals surface area contributed by atoms with Crippen LogP contribution in [-0.2, 0) is 0 Å². The molecule has 2 aromatic carbocycles. The van der Waals surface area contributed by atoms with Crippen molar-refractivity contribution in [2.75, 3.05) is 5.32 Å². The average Bonchev–Trinajstić information content (AvgIpc) is 2.86. The number of halogens is 1. The molecule has 0 atom stereocenters. The van der Waals surface area contributed by atoms with E-state index < -0.39 is 0 Å². The summed E-state index contributed by atoms with van der Waals surface area (Å²) in [5.41, 5.74) is 2.58. The highest BCUT2D eigenvalue weighted by molar-refractivity contribution is 6.35. The van der Waals surface area contributed by atoms with E-state index >= 15 is 0 Å². The van der Waals surface area contributed by atoms with Gasteiger partial charge in [-0.15, -0.1) is 6.42 Å². The lowest BCUT2D eigenvalue weighted by Crippen LogP contribution is -2.12. The number of para-hydroxylation sites is 1. The van der Waals surface area contributed by atoms with E-state index in [9.17, 15) is 4.79 Å². The van der Waals surface area contributed by atoms with Crippen LogP contribution < -0.4 is 5.32 Å². The molecule has 0 unspecified atom stereocenters. The van der Waals surface area contributed by atoms with Gasteiger partial charge in [-0.1, -0.05) is 35.7 Å². The summed E-state index contributed by atoms with van der Waals surface area (Å²) in [7, 11) is 0. The van der Waals surface area contributed by atoms with Crippen LogP contribution in [0.4, 0.5) is 5.69 Å². The van der Waals surface area contributed by atoms with E-state index in [4.69, 9.17) is 22.4 Å². The normalized spacial score (nSPS) is 10.4. The van der Waals surface area contributed by atoms with Crippen molar-refractivity contribution in [3.8, 4) is 12.3 Å². The van der Waals surface area contributed by atoms with Gasteiger partial charge in [0.05, 0.1) is 5.02 Å². The first-order chi connectivity index (χ1) is 10.6. The molecule has 0 aliphatic heterocycles. The van der Waals surface area contributed by atoms with Crippen molar-refractivity contribution >= 4 is 34.2 Å². The number of hydrogen-bond donors (Lipinski definition) is 1. The smallest absolute Gasteiger partial charge is 0.291 e. The molecule has 0 aliphatic carbocycles. The van der Waals surface area contributed by atoms with Crippen LogP contribution in [-0.4, -0.2) is 5.91 Å². The Morgan fingerprint density at radius 3 is 2.77 bits per heavy atom. The number of carbonyl (C=O) groups is 1. The van der Waals surface area contributed by atoms with Crippen LogP contribution in [0, 0.1) is 19.3 Å². The first-order valence-corrected chi connectivity index (χ1v) is 7.03. The lowest BCUT2D eigenvalue weighted by Gasteiger charge is -2.04. The maximum absolute atomic E-state index is 12.4. The molecule has 1 heterocycles. The maximum Gasteiger partial charge on any atom is 0.291 e. The van der Waals surface area contributed by atoms with E-state index in [1.807, 2.05) is 19.1 Å². The summed E-state index contributed by atoms with van der Waals surface area (Å²) in [4.78, 5) is 12.4. The summed E-state index contributed by atoms with van der Waals surface area (Å²) in [6, 6.07) is 12.5. The number of anilines is 1. The second kappa shape index (κ2) is 5.59. The molecule has 1 aromatic heterocycles. The molecule has 22 heavy (non-hydrogen) atoms. The van der Waals surface area contributed by atoms with E-state index in [0.29, 0.717) is 21.9 Å². The first kappa shape index (κ1) is 14.2. The van der Waals surface area contributed by atoms with Crippen molar-refractivity contribution in [1.29, 1.82) is 0 Å². The Hall–Kier alpha value is -2.70. The Labute approximate surface area is 132 Å². The second-order valence-corrected chi connectivity index (χ2v) is 5.26. The van der Waals surface area contributed by atoms with Gasteiger partial charge in [0.2, 0.25) is 0 Å². The molecule has 0 radical (unpaired) electrons. The predicted octanol–water partition coefficient (Wildman–Crippen LogP) is 4.63. The molecule has 0 spiro atoms. The van der Waals surface area contributed by atoms with Crippen molar-refractivity contribution < 1.29 is 9.21 Å². The number of carbonyl (C=O) groups excluding carboxylic acids is 1. The fourth-order valence-electron chi connectivity index (χ4n) is 2.30. The second-order valence-electron chi connectivity index (χ2n) is 4.85. The number of benzene rings is 2. The highest BCUT2D eigenvalue weighted by atomic mass is 35.5. The van der Waals surface area contributed by atoms with E-state index in [1.54, 1.807) is 30.3 Å². The quantitative estimate of drug-likeness (QED) is 0.701. The summed E-state index contributed by atoms with van der Waals surface area (Å²) in [5.74, 6) is 2.44. The Balaban J connectivity index is 1.97. The number of terminal acetylenes is 1. The molecule has 0 bridgehead atoms. The standard InChI is InChI=1S/C18H12ClNO2/c1-3-12-6-4-7-13(10-12)20-18(21)16-11(2)14-8-5-9-15(19)17(14)22-16/h1,4-10H,2H3,(H,20,21). The van der Waals surface area contributed by atoms with E-state index in [0.717, 1.165) is 10.9 Å².